The Labute approximate surface area is 113 Å². The van der Waals surface area contributed by atoms with Crippen LogP contribution < -0.4 is 5.73 Å². The van der Waals surface area contributed by atoms with Crippen LogP contribution in [0.3, 0.4) is 0 Å². The average molecular weight is 255 g/mol. The zero-order valence-corrected chi connectivity index (χ0v) is 12.9. The van der Waals surface area contributed by atoms with Crippen LogP contribution in [0.15, 0.2) is 0 Å². The maximum Gasteiger partial charge on any atom is 0.0611 e. The van der Waals surface area contributed by atoms with E-state index in [9.17, 15) is 5.11 Å². The first kappa shape index (κ1) is 16.0. The van der Waals surface area contributed by atoms with Crippen LogP contribution in [-0.4, -0.2) is 17.8 Å². The van der Waals surface area contributed by atoms with Gasteiger partial charge in [-0.05, 0) is 61.3 Å². The van der Waals surface area contributed by atoms with Crippen LogP contribution in [-0.2, 0) is 0 Å². The van der Waals surface area contributed by atoms with Gasteiger partial charge >= 0.3 is 0 Å². The van der Waals surface area contributed by atoms with E-state index in [0.717, 1.165) is 5.92 Å². The summed E-state index contributed by atoms with van der Waals surface area (Å²) in [5.41, 5.74) is 6.24. The summed E-state index contributed by atoms with van der Waals surface area (Å²) in [5.74, 6) is 2.03. The van der Waals surface area contributed by atoms with Gasteiger partial charge in [-0.1, -0.05) is 34.6 Å². The molecule has 1 rings (SSSR count). The van der Waals surface area contributed by atoms with Crippen LogP contribution in [0.5, 0.6) is 0 Å². The molecule has 108 valence electrons. The van der Waals surface area contributed by atoms with E-state index < -0.39 is 0 Å². The molecule has 0 aromatic heterocycles. The number of aliphatic hydroxyl groups excluding tert-OH is 1. The van der Waals surface area contributed by atoms with Crippen LogP contribution in [0.4, 0.5) is 0 Å². The van der Waals surface area contributed by atoms with E-state index in [4.69, 9.17) is 5.73 Å². The molecule has 0 saturated heterocycles. The largest absolute Gasteiger partial charge is 0.392 e. The van der Waals surface area contributed by atoms with Crippen LogP contribution in [0.1, 0.15) is 60.3 Å². The molecular formula is C16H33NO. The molecule has 3 N–H and O–H groups in total. The van der Waals surface area contributed by atoms with Crippen molar-refractivity contribution < 1.29 is 5.11 Å². The Morgan fingerprint density at radius 1 is 1.11 bits per heavy atom. The van der Waals surface area contributed by atoms with Crippen molar-refractivity contribution in [2.24, 2.45) is 34.8 Å². The van der Waals surface area contributed by atoms with Crippen LogP contribution in [0.25, 0.3) is 0 Å². The topological polar surface area (TPSA) is 46.2 Å². The highest BCUT2D eigenvalue weighted by Crippen LogP contribution is 2.41. The quantitative estimate of drug-likeness (QED) is 0.808. The Kier molecular flexibility index (Phi) is 5.67. The molecule has 1 aliphatic carbocycles. The van der Waals surface area contributed by atoms with Crippen molar-refractivity contribution in [3.63, 3.8) is 0 Å². The lowest BCUT2D eigenvalue weighted by molar-refractivity contribution is 0.00269. The molecule has 2 nitrogen and oxygen atoms in total. The zero-order valence-electron chi connectivity index (χ0n) is 12.9. The second kappa shape index (κ2) is 6.38. The molecule has 0 aromatic rings. The van der Waals surface area contributed by atoms with E-state index in [2.05, 4.69) is 34.6 Å². The van der Waals surface area contributed by atoms with Crippen molar-refractivity contribution in [1.29, 1.82) is 0 Å². The first-order valence-corrected chi connectivity index (χ1v) is 7.65. The highest BCUT2D eigenvalue weighted by molar-refractivity contribution is 4.86. The Morgan fingerprint density at radius 2 is 1.61 bits per heavy atom. The van der Waals surface area contributed by atoms with Crippen molar-refractivity contribution in [3.8, 4) is 0 Å². The molecule has 0 heterocycles. The van der Waals surface area contributed by atoms with Gasteiger partial charge < -0.3 is 10.8 Å². The number of hydrogen-bond donors (Lipinski definition) is 2. The van der Waals surface area contributed by atoms with Gasteiger partial charge in [0.25, 0.3) is 0 Å². The van der Waals surface area contributed by atoms with Gasteiger partial charge in [0.2, 0.25) is 0 Å². The van der Waals surface area contributed by atoms with Gasteiger partial charge in [-0.2, -0.15) is 0 Å². The summed E-state index contributed by atoms with van der Waals surface area (Å²) in [5, 5.41) is 10.5. The average Bonchev–Trinajstić information content (AvgIpc) is 2.28. The highest BCUT2D eigenvalue weighted by atomic mass is 16.3. The predicted octanol–water partition coefficient (Wildman–Crippen LogP) is 3.43. The predicted molar refractivity (Wildman–Crippen MR) is 78.3 cm³/mol. The maximum atomic E-state index is 10.5. The molecule has 0 amide bonds. The number of nitrogens with two attached hydrogens (primary N) is 1. The van der Waals surface area contributed by atoms with Crippen molar-refractivity contribution >= 4 is 0 Å². The first-order chi connectivity index (χ1) is 8.27. The summed E-state index contributed by atoms with van der Waals surface area (Å²) in [6.07, 6.45) is 4.68. The fraction of sp³-hybridized carbons (Fsp3) is 1.00. The minimum atomic E-state index is -0.198. The molecule has 2 unspecified atom stereocenters. The van der Waals surface area contributed by atoms with Gasteiger partial charge in [0.05, 0.1) is 6.10 Å². The highest BCUT2D eigenvalue weighted by Gasteiger charge is 2.35. The minimum Gasteiger partial charge on any atom is -0.392 e. The Balaban J connectivity index is 2.52. The van der Waals surface area contributed by atoms with E-state index in [0.29, 0.717) is 23.8 Å². The van der Waals surface area contributed by atoms with Crippen LogP contribution in [0, 0.1) is 29.1 Å². The molecule has 0 radical (unpaired) electrons. The standard InChI is InChI=1S/C16H33NO/c1-11(2)14(10-17)15(18)12-6-8-13(9-7-12)16(3,4)5/h11-15,18H,6-10,17H2,1-5H3. The summed E-state index contributed by atoms with van der Waals surface area (Å²) >= 11 is 0. The zero-order chi connectivity index (χ0) is 13.9. The molecule has 2 heteroatoms. The molecule has 1 fully saturated rings. The first-order valence-electron chi connectivity index (χ1n) is 7.65. The van der Waals surface area contributed by atoms with Crippen molar-refractivity contribution in [2.75, 3.05) is 6.54 Å². The number of aliphatic hydroxyl groups is 1. The van der Waals surface area contributed by atoms with Gasteiger partial charge in [-0.3, -0.25) is 0 Å². The Hall–Kier alpha value is -0.0800. The molecule has 18 heavy (non-hydrogen) atoms. The summed E-state index contributed by atoms with van der Waals surface area (Å²) in [6.45, 7) is 12.0. The van der Waals surface area contributed by atoms with Gasteiger partial charge in [0.1, 0.15) is 0 Å². The maximum absolute atomic E-state index is 10.5. The second-order valence-corrected chi connectivity index (χ2v) is 7.61. The smallest absolute Gasteiger partial charge is 0.0611 e. The fourth-order valence-corrected chi connectivity index (χ4v) is 3.48. The summed E-state index contributed by atoms with van der Waals surface area (Å²) in [7, 11) is 0. The monoisotopic (exact) mass is 255 g/mol. The second-order valence-electron chi connectivity index (χ2n) is 7.61. The Bertz CT molecular complexity index is 236. The molecule has 0 bridgehead atoms. The molecule has 0 spiro atoms. The van der Waals surface area contributed by atoms with E-state index in [1.165, 1.54) is 25.7 Å². The van der Waals surface area contributed by atoms with Gasteiger partial charge in [0, 0.05) is 0 Å². The molecule has 0 aliphatic heterocycles. The normalized spacial score (nSPS) is 29.3. The van der Waals surface area contributed by atoms with E-state index in [-0.39, 0.29) is 12.0 Å². The third kappa shape index (κ3) is 3.96. The van der Waals surface area contributed by atoms with E-state index in [1.807, 2.05) is 0 Å². The van der Waals surface area contributed by atoms with Gasteiger partial charge in [-0.25, -0.2) is 0 Å². The van der Waals surface area contributed by atoms with Crippen LogP contribution >= 0.6 is 0 Å². The van der Waals surface area contributed by atoms with Crippen molar-refractivity contribution in [3.05, 3.63) is 0 Å². The van der Waals surface area contributed by atoms with E-state index in [1.54, 1.807) is 0 Å². The lowest BCUT2D eigenvalue weighted by Crippen LogP contribution is -2.39. The lowest BCUT2D eigenvalue weighted by atomic mass is 9.67. The summed E-state index contributed by atoms with van der Waals surface area (Å²) < 4.78 is 0. The third-order valence-corrected chi connectivity index (χ3v) is 5.05. The molecular weight excluding hydrogens is 222 g/mol. The summed E-state index contributed by atoms with van der Waals surface area (Å²) in [4.78, 5) is 0. The Morgan fingerprint density at radius 3 is 1.94 bits per heavy atom. The summed E-state index contributed by atoms with van der Waals surface area (Å²) in [6, 6.07) is 0. The number of rotatable bonds is 4. The third-order valence-electron chi connectivity index (χ3n) is 5.05. The SMILES string of the molecule is CC(C)C(CN)C(O)C1CCC(C(C)(C)C)CC1. The fourth-order valence-electron chi connectivity index (χ4n) is 3.48. The van der Waals surface area contributed by atoms with Gasteiger partial charge in [-0.15, -0.1) is 0 Å². The molecule has 2 atom stereocenters. The molecule has 1 aliphatic rings. The molecule has 0 aromatic carbocycles. The number of hydrogen-bond acceptors (Lipinski definition) is 2. The molecule has 1 saturated carbocycles. The van der Waals surface area contributed by atoms with Crippen molar-refractivity contribution in [1.82, 2.24) is 0 Å². The van der Waals surface area contributed by atoms with Crippen LogP contribution in [0.2, 0.25) is 0 Å². The van der Waals surface area contributed by atoms with Gasteiger partial charge in [0.15, 0.2) is 0 Å². The van der Waals surface area contributed by atoms with Crippen molar-refractivity contribution in [2.45, 2.75) is 66.4 Å². The minimum absolute atomic E-state index is 0.198. The lowest BCUT2D eigenvalue weighted by Gasteiger charge is -2.40. The van der Waals surface area contributed by atoms with E-state index >= 15 is 0 Å².